The summed E-state index contributed by atoms with van der Waals surface area (Å²) in [5.41, 5.74) is 1.15. The number of anilines is 1. The fourth-order valence-electron chi connectivity index (χ4n) is 2.04. The molecule has 23 heavy (non-hydrogen) atoms. The average Bonchev–Trinajstić information content (AvgIpc) is 2.56. The number of benzene rings is 2. The first-order valence-electron chi connectivity index (χ1n) is 7.49. The molecule has 0 heterocycles. The highest BCUT2D eigenvalue weighted by Gasteiger charge is 2.12. The van der Waals surface area contributed by atoms with Gasteiger partial charge in [0.05, 0.1) is 18.8 Å². The molecule has 1 amide bonds. The highest BCUT2D eigenvalue weighted by Crippen LogP contribution is 2.22. The van der Waals surface area contributed by atoms with E-state index < -0.39 is 0 Å². The minimum atomic E-state index is -0.230. The molecule has 0 atom stereocenters. The summed E-state index contributed by atoms with van der Waals surface area (Å²) in [5, 5.41) is 2.86. The topological polar surface area (TPSA) is 56.8 Å². The number of amides is 1. The van der Waals surface area contributed by atoms with E-state index in [-0.39, 0.29) is 5.91 Å². The molecule has 122 valence electrons. The zero-order valence-corrected chi connectivity index (χ0v) is 13.4. The summed E-state index contributed by atoms with van der Waals surface area (Å²) in [6, 6.07) is 14.4. The first-order chi connectivity index (χ1) is 11.2. The number of ether oxygens (including phenoxy) is 3. The summed E-state index contributed by atoms with van der Waals surface area (Å²) < 4.78 is 16.0. The summed E-state index contributed by atoms with van der Waals surface area (Å²) in [6.45, 7) is 3.35. The minimum Gasteiger partial charge on any atom is -0.494 e. The average molecular weight is 315 g/mol. The van der Waals surface area contributed by atoms with Gasteiger partial charge < -0.3 is 19.5 Å². The molecule has 0 saturated heterocycles. The molecule has 0 spiro atoms. The van der Waals surface area contributed by atoms with E-state index in [0.29, 0.717) is 36.8 Å². The van der Waals surface area contributed by atoms with Crippen molar-refractivity contribution in [2.75, 3.05) is 32.2 Å². The third-order valence-corrected chi connectivity index (χ3v) is 3.08. The zero-order valence-electron chi connectivity index (χ0n) is 13.4. The molecule has 2 aromatic rings. The van der Waals surface area contributed by atoms with Crippen LogP contribution in [0.5, 0.6) is 11.5 Å². The molecule has 0 aromatic heterocycles. The van der Waals surface area contributed by atoms with Crippen LogP contribution in [-0.2, 0) is 4.74 Å². The van der Waals surface area contributed by atoms with Crippen LogP contribution in [0.4, 0.5) is 5.69 Å². The number of carbonyl (C=O) groups is 1. The Morgan fingerprint density at radius 3 is 2.65 bits per heavy atom. The second-order valence-corrected chi connectivity index (χ2v) is 4.75. The second kappa shape index (κ2) is 8.80. The molecule has 0 aliphatic heterocycles. The molecule has 0 saturated carbocycles. The van der Waals surface area contributed by atoms with Crippen molar-refractivity contribution in [3.05, 3.63) is 54.1 Å². The molecule has 0 fully saturated rings. The maximum atomic E-state index is 12.5. The van der Waals surface area contributed by atoms with Crippen molar-refractivity contribution in [2.24, 2.45) is 0 Å². The van der Waals surface area contributed by atoms with Gasteiger partial charge in [-0.15, -0.1) is 0 Å². The van der Waals surface area contributed by atoms with Crippen LogP contribution < -0.4 is 14.8 Å². The van der Waals surface area contributed by atoms with Crippen molar-refractivity contribution < 1.29 is 19.0 Å². The van der Waals surface area contributed by atoms with Gasteiger partial charge in [0.1, 0.15) is 18.1 Å². The lowest BCUT2D eigenvalue weighted by Gasteiger charge is -2.12. The summed E-state index contributed by atoms with van der Waals surface area (Å²) in [5.74, 6) is 1.02. The standard InChI is InChI=1S/C18H21NO4/c1-3-22-15-8-6-7-14(13-15)19-18(20)16-9-4-5-10-17(16)23-12-11-21-2/h4-10,13H,3,11-12H2,1-2H3,(H,19,20). The fourth-order valence-corrected chi connectivity index (χ4v) is 2.04. The molecule has 1 N–H and O–H groups in total. The normalized spacial score (nSPS) is 10.2. The predicted molar refractivity (Wildman–Crippen MR) is 89.4 cm³/mol. The highest BCUT2D eigenvalue weighted by molar-refractivity contribution is 6.06. The van der Waals surface area contributed by atoms with Crippen LogP contribution in [-0.4, -0.2) is 32.8 Å². The summed E-state index contributed by atoms with van der Waals surface area (Å²) >= 11 is 0. The quantitative estimate of drug-likeness (QED) is 0.759. The van der Waals surface area contributed by atoms with E-state index in [1.54, 1.807) is 31.4 Å². The third kappa shape index (κ3) is 5.00. The van der Waals surface area contributed by atoms with Gasteiger partial charge in [-0.2, -0.15) is 0 Å². The second-order valence-electron chi connectivity index (χ2n) is 4.75. The summed E-state index contributed by atoms with van der Waals surface area (Å²) in [7, 11) is 1.60. The Morgan fingerprint density at radius 2 is 1.87 bits per heavy atom. The number of methoxy groups -OCH3 is 1. The molecule has 0 radical (unpaired) electrons. The number of hydrogen-bond donors (Lipinski definition) is 1. The number of hydrogen-bond acceptors (Lipinski definition) is 4. The van der Waals surface area contributed by atoms with Crippen molar-refractivity contribution in [3.63, 3.8) is 0 Å². The van der Waals surface area contributed by atoms with E-state index in [0.717, 1.165) is 5.75 Å². The monoisotopic (exact) mass is 315 g/mol. The molecule has 5 heteroatoms. The van der Waals surface area contributed by atoms with Crippen molar-refractivity contribution in [2.45, 2.75) is 6.92 Å². The Kier molecular flexibility index (Phi) is 6.44. The summed E-state index contributed by atoms with van der Waals surface area (Å²) in [4.78, 5) is 12.5. The maximum Gasteiger partial charge on any atom is 0.259 e. The van der Waals surface area contributed by atoms with E-state index in [9.17, 15) is 4.79 Å². The van der Waals surface area contributed by atoms with Gasteiger partial charge in [0.15, 0.2) is 0 Å². The number of rotatable bonds is 8. The van der Waals surface area contributed by atoms with Crippen LogP contribution in [0.15, 0.2) is 48.5 Å². The lowest BCUT2D eigenvalue weighted by molar-refractivity contribution is 0.101. The van der Waals surface area contributed by atoms with Gasteiger partial charge in [0.2, 0.25) is 0 Å². The molecule has 2 rings (SSSR count). The Bertz CT molecular complexity index is 642. The molecule has 2 aromatic carbocycles. The van der Waals surface area contributed by atoms with E-state index >= 15 is 0 Å². The lowest BCUT2D eigenvalue weighted by atomic mass is 10.2. The predicted octanol–water partition coefficient (Wildman–Crippen LogP) is 3.36. The SMILES string of the molecule is CCOc1cccc(NC(=O)c2ccccc2OCCOC)c1. The molecule has 0 unspecified atom stereocenters. The molecule has 5 nitrogen and oxygen atoms in total. The van der Waals surface area contributed by atoms with Gasteiger partial charge in [-0.1, -0.05) is 18.2 Å². The van der Waals surface area contributed by atoms with Crippen molar-refractivity contribution in [1.29, 1.82) is 0 Å². The fraction of sp³-hybridized carbons (Fsp3) is 0.278. The van der Waals surface area contributed by atoms with Crippen molar-refractivity contribution >= 4 is 11.6 Å². The number of para-hydroxylation sites is 1. The van der Waals surface area contributed by atoms with Crippen LogP contribution in [0.25, 0.3) is 0 Å². The van der Waals surface area contributed by atoms with Crippen molar-refractivity contribution in [1.82, 2.24) is 0 Å². The Balaban J connectivity index is 2.09. The first kappa shape index (κ1) is 16.8. The Hall–Kier alpha value is -2.53. The van der Waals surface area contributed by atoms with E-state index in [1.165, 1.54) is 0 Å². The van der Waals surface area contributed by atoms with Crippen LogP contribution in [0.1, 0.15) is 17.3 Å². The van der Waals surface area contributed by atoms with Gasteiger partial charge in [0.25, 0.3) is 5.91 Å². The first-order valence-corrected chi connectivity index (χ1v) is 7.49. The largest absolute Gasteiger partial charge is 0.494 e. The van der Waals surface area contributed by atoms with Gasteiger partial charge in [-0.05, 0) is 31.2 Å². The zero-order chi connectivity index (χ0) is 16.5. The van der Waals surface area contributed by atoms with Gasteiger partial charge in [0, 0.05) is 18.9 Å². The Morgan fingerprint density at radius 1 is 1.04 bits per heavy atom. The van der Waals surface area contributed by atoms with Crippen molar-refractivity contribution in [3.8, 4) is 11.5 Å². The highest BCUT2D eigenvalue weighted by atomic mass is 16.5. The van der Waals surface area contributed by atoms with E-state index in [2.05, 4.69) is 5.32 Å². The smallest absolute Gasteiger partial charge is 0.259 e. The molecular weight excluding hydrogens is 294 g/mol. The van der Waals surface area contributed by atoms with Gasteiger partial charge in [-0.3, -0.25) is 4.79 Å². The van der Waals surface area contributed by atoms with E-state index in [1.807, 2.05) is 31.2 Å². The lowest BCUT2D eigenvalue weighted by Crippen LogP contribution is -2.14. The maximum absolute atomic E-state index is 12.5. The Labute approximate surface area is 136 Å². The number of nitrogens with one attached hydrogen (secondary N) is 1. The van der Waals surface area contributed by atoms with Crippen LogP contribution in [0.2, 0.25) is 0 Å². The molecular formula is C18H21NO4. The minimum absolute atomic E-state index is 0.230. The van der Waals surface area contributed by atoms with E-state index in [4.69, 9.17) is 14.2 Å². The van der Waals surface area contributed by atoms with Gasteiger partial charge in [-0.25, -0.2) is 0 Å². The van der Waals surface area contributed by atoms with Crippen LogP contribution >= 0.6 is 0 Å². The summed E-state index contributed by atoms with van der Waals surface area (Å²) in [6.07, 6.45) is 0. The number of carbonyl (C=O) groups excluding carboxylic acids is 1. The van der Waals surface area contributed by atoms with Crippen LogP contribution in [0, 0.1) is 0 Å². The van der Waals surface area contributed by atoms with Crippen LogP contribution in [0.3, 0.4) is 0 Å². The molecule has 0 aliphatic rings. The van der Waals surface area contributed by atoms with Gasteiger partial charge >= 0.3 is 0 Å². The molecule has 0 bridgehead atoms. The molecule has 0 aliphatic carbocycles. The third-order valence-electron chi connectivity index (χ3n) is 3.08.